The van der Waals surface area contributed by atoms with E-state index < -0.39 is 17.5 Å². The van der Waals surface area contributed by atoms with Gasteiger partial charge in [-0.05, 0) is 30.3 Å². The predicted molar refractivity (Wildman–Crippen MR) is 73.0 cm³/mol. The first-order valence-corrected chi connectivity index (χ1v) is 6.05. The fourth-order valence-electron chi connectivity index (χ4n) is 1.48. The SMILES string of the molecule is O=C(Nc1cccc(Cl)c1F)c1cc(S)ccc1F. The summed E-state index contributed by atoms with van der Waals surface area (Å²) in [5.74, 6) is -2.24. The zero-order valence-corrected chi connectivity index (χ0v) is 11.1. The van der Waals surface area contributed by atoms with Crippen LogP contribution in [0.15, 0.2) is 41.3 Å². The summed E-state index contributed by atoms with van der Waals surface area (Å²) in [5, 5.41) is 2.14. The van der Waals surface area contributed by atoms with E-state index in [0.717, 1.165) is 6.07 Å². The Bertz CT molecular complexity index is 649. The number of anilines is 1. The Hall–Kier alpha value is -1.59. The molecule has 0 heterocycles. The third-order valence-electron chi connectivity index (χ3n) is 2.39. The van der Waals surface area contributed by atoms with Gasteiger partial charge in [0.25, 0.3) is 5.91 Å². The van der Waals surface area contributed by atoms with Crippen molar-refractivity contribution in [1.29, 1.82) is 0 Å². The standard InChI is InChI=1S/C13H8ClF2NOS/c14-9-2-1-3-11(12(9)16)17-13(18)8-6-7(19)4-5-10(8)15/h1-6,19H,(H,17,18). The number of rotatable bonds is 2. The Balaban J connectivity index is 2.31. The number of benzene rings is 2. The van der Waals surface area contributed by atoms with Crippen molar-refractivity contribution in [2.45, 2.75) is 4.90 Å². The molecule has 98 valence electrons. The molecule has 2 aromatic rings. The summed E-state index contributed by atoms with van der Waals surface area (Å²) in [5.41, 5.74) is -0.326. The van der Waals surface area contributed by atoms with Crippen LogP contribution in [0.2, 0.25) is 5.02 Å². The average Bonchev–Trinajstić information content (AvgIpc) is 2.38. The second-order valence-electron chi connectivity index (χ2n) is 3.72. The van der Waals surface area contributed by atoms with Gasteiger partial charge in [0.2, 0.25) is 0 Å². The summed E-state index contributed by atoms with van der Waals surface area (Å²) < 4.78 is 27.1. The summed E-state index contributed by atoms with van der Waals surface area (Å²) in [6.07, 6.45) is 0. The number of carbonyl (C=O) groups excluding carboxylic acids is 1. The highest BCUT2D eigenvalue weighted by atomic mass is 35.5. The van der Waals surface area contributed by atoms with E-state index in [-0.39, 0.29) is 16.3 Å². The maximum Gasteiger partial charge on any atom is 0.258 e. The summed E-state index contributed by atoms with van der Waals surface area (Å²) in [7, 11) is 0. The van der Waals surface area contributed by atoms with E-state index in [9.17, 15) is 13.6 Å². The molecule has 6 heteroatoms. The van der Waals surface area contributed by atoms with Crippen LogP contribution in [0.1, 0.15) is 10.4 Å². The minimum Gasteiger partial charge on any atom is -0.319 e. The third kappa shape index (κ3) is 3.05. The molecule has 2 rings (SSSR count). The lowest BCUT2D eigenvalue weighted by atomic mass is 10.2. The smallest absolute Gasteiger partial charge is 0.258 e. The minimum atomic E-state index is -0.769. The van der Waals surface area contributed by atoms with Gasteiger partial charge < -0.3 is 5.32 Å². The first-order chi connectivity index (χ1) is 8.99. The number of carbonyl (C=O) groups is 1. The Morgan fingerprint density at radius 3 is 2.68 bits per heavy atom. The van der Waals surface area contributed by atoms with Gasteiger partial charge in [0.05, 0.1) is 16.3 Å². The highest BCUT2D eigenvalue weighted by molar-refractivity contribution is 7.80. The van der Waals surface area contributed by atoms with Gasteiger partial charge in [-0.25, -0.2) is 8.78 Å². The van der Waals surface area contributed by atoms with E-state index in [1.54, 1.807) is 0 Å². The fraction of sp³-hybridized carbons (Fsp3) is 0. The maximum absolute atomic E-state index is 13.6. The largest absolute Gasteiger partial charge is 0.319 e. The van der Waals surface area contributed by atoms with Crippen molar-refractivity contribution in [2.24, 2.45) is 0 Å². The van der Waals surface area contributed by atoms with E-state index in [0.29, 0.717) is 4.90 Å². The maximum atomic E-state index is 13.6. The molecule has 0 radical (unpaired) electrons. The van der Waals surface area contributed by atoms with Gasteiger partial charge in [0.15, 0.2) is 5.82 Å². The molecule has 2 aromatic carbocycles. The monoisotopic (exact) mass is 299 g/mol. The Labute approximate surface area is 118 Å². The van der Waals surface area contributed by atoms with Crippen LogP contribution in [-0.2, 0) is 0 Å². The zero-order chi connectivity index (χ0) is 14.0. The second-order valence-corrected chi connectivity index (χ2v) is 4.64. The van der Waals surface area contributed by atoms with Crippen LogP contribution in [0.25, 0.3) is 0 Å². The zero-order valence-electron chi connectivity index (χ0n) is 9.45. The molecule has 0 aliphatic heterocycles. The first-order valence-electron chi connectivity index (χ1n) is 5.23. The van der Waals surface area contributed by atoms with E-state index in [2.05, 4.69) is 17.9 Å². The summed E-state index contributed by atoms with van der Waals surface area (Å²) in [4.78, 5) is 12.3. The molecular formula is C13H8ClF2NOS. The van der Waals surface area contributed by atoms with Crippen molar-refractivity contribution in [1.82, 2.24) is 0 Å². The van der Waals surface area contributed by atoms with Gasteiger partial charge >= 0.3 is 0 Å². The highest BCUT2D eigenvalue weighted by Gasteiger charge is 2.15. The van der Waals surface area contributed by atoms with Crippen LogP contribution < -0.4 is 5.32 Å². The highest BCUT2D eigenvalue weighted by Crippen LogP contribution is 2.23. The molecule has 0 saturated carbocycles. The van der Waals surface area contributed by atoms with Crippen LogP contribution in [0, 0.1) is 11.6 Å². The van der Waals surface area contributed by atoms with Crippen LogP contribution in [0.5, 0.6) is 0 Å². The van der Waals surface area contributed by atoms with Crippen molar-refractivity contribution >= 4 is 35.8 Å². The van der Waals surface area contributed by atoms with Crippen LogP contribution in [0.4, 0.5) is 14.5 Å². The van der Waals surface area contributed by atoms with Crippen molar-refractivity contribution in [3.8, 4) is 0 Å². The number of amides is 1. The fourth-order valence-corrected chi connectivity index (χ4v) is 1.86. The van der Waals surface area contributed by atoms with Gasteiger partial charge in [-0.1, -0.05) is 17.7 Å². The number of halogens is 3. The molecule has 0 saturated heterocycles. The Morgan fingerprint density at radius 2 is 1.95 bits per heavy atom. The molecule has 0 aliphatic rings. The van der Waals surface area contributed by atoms with Crippen molar-refractivity contribution in [3.63, 3.8) is 0 Å². The van der Waals surface area contributed by atoms with Crippen LogP contribution >= 0.6 is 24.2 Å². The summed E-state index contributed by atoms with van der Waals surface area (Å²) >= 11 is 9.60. The quantitative estimate of drug-likeness (QED) is 0.801. The number of hydrogen-bond donors (Lipinski definition) is 2. The molecule has 0 aromatic heterocycles. The molecule has 0 atom stereocenters. The third-order valence-corrected chi connectivity index (χ3v) is 2.96. The molecule has 0 fully saturated rings. The molecule has 0 aliphatic carbocycles. The Kier molecular flexibility index (Phi) is 4.07. The first kappa shape index (κ1) is 13.8. The lowest BCUT2D eigenvalue weighted by Gasteiger charge is -2.08. The van der Waals surface area contributed by atoms with E-state index in [1.807, 2.05) is 0 Å². The molecule has 0 bridgehead atoms. The van der Waals surface area contributed by atoms with Gasteiger partial charge in [0.1, 0.15) is 5.82 Å². The number of thiol groups is 1. The van der Waals surface area contributed by atoms with Crippen LogP contribution in [-0.4, -0.2) is 5.91 Å². The molecular weight excluding hydrogens is 292 g/mol. The predicted octanol–water partition coefficient (Wildman–Crippen LogP) is 4.16. The number of hydrogen-bond acceptors (Lipinski definition) is 2. The van der Waals surface area contributed by atoms with E-state index in [4.69, 9.17) is 11.6 Å². The van der Waals surface area contributed by atoms with Crippen LogP contribution in [0.3, 0.4) is 0 Å². The number of nitrogens with one attached hydrogen (secondary N) is 1. The van der Waals surface area contributed by atoms with Crippen molar-refractivity contribution in [2.75, 3.05) is 5.32 Å². The molecule has 19 heavy (non-hydrogen) atoms. The van der Waals surface area contributed by atoms with E-state index in [1.165, 1.54) is 30.3 Å². The average molecular weight is 300 g/mol. The van der Waals surface area contributed by atoms with Gasteiger partial charge in [-0.2, -0.15) is 0 Å². The molecule has 1 amide bonds. The summed E-state index contributed by atoms with van der Waals surface area (Å²) in [6.45, 7) is 0. The molecule has 1 N–H and O–H groups in total. The minimum absolute atomic E-state index is 0.110. The lowest BCUT2D eigenvalue weighted by molar-refractivity contribution is 0.102. The molecule has 0 unspecified atom stereocenters. The van der Waals surface area contributed by atoms with Gasteiger partial charge in [0, 0.05) is 4.90 Å². The topological polar surface area (TPSA) is 29.1 Å². The van der Waals surface area contributed by atoms with Gasteiger partial charge in [-0.15, -0.1) is 12.6 Å². The molecule has 0 spiro atoms. The van der Waals surface area contributed by atoms with Crippen molar-refractivity contribution in [3.05, 3.63) is 58.6 Å². The lowest BCUT2D eigenvalue weighted by Crippen LogP contribution is -2.14. The van der Waals surface area contributed by atoms with E-state index >= 15 is 0 Å². The Morgan fingerprint density at radius 1 is 1.21 bits per heavy atom. The molecule has 2 nitrogen and oxygen atoms in total. The second kappa shape index (κ2) is 5.59. The van der Waals surface area contributed by atoms with Crippen molar-refractivity contribution < 1.29 is 13.6 Å². The van der Waals surface area contributed by atoms with Gasteiger partial charge in [-0.3, -0.25) is 4.79 Å². The normalized spacial score (nSPS) is 10.3. The summed E-state index contributed by atoms with van der Waals surface area (Å²) in [6, 6.07) is 7.95.